The second-order valence-corrected chi connectivity index (χ2v) is 3.81. The molecule has 2 rings (SSSR count). The predicted octanol–water partition coefficient (Wildman–Crippen LogP) is 2.09. The molecule has 1 aromatic carbocycles. The third-order valence-electron chi connectivity index (χ3n) is 2.56. The highest BCUT2D eigenvalue weighted by Gasteiger charge is 2.05. The molecule has 0 fully saturated rings. The van der Waals surface area contributed by atoms with Crippen LogP contribution in [0.4, 0.5) is 5.82 Å². The number of fused-ring (bicyclic) bond motifs is 1. The summed E-state index contributed by atoms with van der Waals surface area (Å²) in [6, 6.07) is 6.00. The van der Waals surface area contributed by atoms with Crippen molar-refractivity contribution in [2.75, 3.05) is 0 Å². The van der Waals surface area contributed by atoms with Crippen molar-refractivity contribution in [1.29, 1.82) is 0 Å². The standard InChI is InChI=1S/C13H14N4/c1-3-9-4-5-10-8(2)7-16-12(11(10)6-9)17-13(14)15/h3-7H,1H2,2H3,(H4,14,15,16,17). The van der Waals surface area contributed by atoms with Crippen molar-refractivity contribution in [2.24, 2.45) is 16.5 Å². The lowest BCUT2D eigenvalue weighted by molar-refractivity contribution is 1.25. The lowest BCUT2D eigenvalue weighted by Gasteiger charge is -2.06. The summed E-state index contributed by atoms with van der Waals surface area (Å²) in [6.07, 6.45) is 3.54. The molecular formula is C13H14N4. The summed E-state index contributed by atoms with van der Waals surface area (Å²) in [6.45, 7) is 5.75. The number of guanidine groups is 1. The van der Waals surface area contributed by atoms with Gasteiger partial charge in [0.25, 0.3) is 0 Å². The molecule has 17 heavy (non-hydrogen) atoms. The van der Waals surface area contributed by atoms with Gasteiger partial charge in [0.2, 0.25) is 0 Å². The number of aromatic nitrogens is 1. The van der Waals surface area contributed by atoms with Crippen molar-refractivity contribution in [1.82, 2.24) is 4.98 Å². The van der Waals surface area contributed by atoms with Gasteiger partial charge in [-0.3, -0.25) is 0 Å². The number of pyridine rings is 1. The number of nitrogens with zero attached hydrogens (tertiary/aromatic N) is 2. The van der Waals surface area contributed by atoms with Crippen molar-refractivity contribution in [2.45, 2.75) is 6.92 Å². The fraction of sp³-hybridized carbons (Fsp3) is 0.0769. The van der Waals surface area contributed by atoms with E-state index in [0.717, 1.165) is 21.9 Å². The highest BCUT2D eigenvalue weighted by Crippen LogP contribution is 2.27. The van der Waals surface area contributed by atoms with Gasteiger partial charge in [0.1, 0.15) is 0 Å². The van der Waals surface area contributed by atoms with Crippen LogP contribution in [0.1, 0.15) is 11.1 Å². The first kappa shape index (κ1) is 11.1. The van der Waals surface area contributed by atoms with Crippen molar-refractivity contribution in [3.63, 3.8) is 0 Å². The normalized spacial score (nSPS) is 10.2. The molecule has 0 saturated heterocycles. The van der Waals surface area contributed by atoms with E-state index in [0.29, 0.717) is 5.82 Å². The molecule has 4 nitrogen and oxygen atoms in total. The molecule has 0 atom stereocenters. The average molecular weight is 226 g/mol. The number of aliphatic imine (C=N–C) groups is 1. The Balaban J connectivity index is 2.80. The molecule has 2 aromatic rings. The molecule has 1 heterocycles. The molecule has 0 aliphatic carbocycles. The minimum atomic E-state index is 0.00617. The van der Waals surface area contributed by atoms with Crippen LogP contribution in [0.15, 0.2) is 36.0 Å². The molecule has 0 amide bonds. The summed E-state index contributed by atoms with van der Waals surface area (Å²) < 4.78 is 0. The molecular weight excluding hydrogens is 212 g/mol. The van der Waals surface area contributed by atoms with Crippen LogP contribution in [0.2, 0.25) is 0 Å². The van der Waals surface area contributed by atoms with E-state index in [2.05, 4.69) is 16.6 Å². The zero-order valence-electron chi connectivity index (χ0n) is 9.64. The largest absolute Gasteiger partial charge is 0.370 e. The molecule has 0 aliphatic heterocycles. The maximum absolute atomic E-state index is 5.39. The van der Waals surface area contributed by atoms with Crippen LogP contribution in [0, 0.1) is 6.92 Å². The van der Waals surface area contributed by atoms with Gasteiger partial charge in [-0.2, -0.15) is 4.99 Å². The zero-order chi connectivity index (χ0) is 12.4. The number of hydrogen-bond donors (Lipinski definition) is 2. The van der Waals surface area contributed by atoms with Crippen molar-refractivity contribution >= 4 is 28.6 Å². The van der Waals surface area contributed by atoms with Crippen molar-refractivity contribution in [3.8, 4) is 0 Å². The van der Waals surface area contributed by atoms with Crippen LogP contribution in [-0.2, 0) is 0 Å². The molecule has 0 bridgehead atoms. The van der Waals surface area contributed by atoms with Crippen molar-refractivity contribution < 1.29 is 0 Å². The predicted molar refractivity (Wildman–Crippen MR) is 72.0 cm³/mol. The molecule has 0 unspecified atom stereocenters. The van der Waals surface area contributed by atoms with Gasteiger partial charge in [0.15, 0.2) is 11.8 Å². The maximum atomic E-state index is 5.39. The van der Waals surface area contributed by atoms with Gasteiger partial charge in [-0.15, -0.1) is 0 Å². The van der Waals surface area contributed by atoms with Gasteiger partial charge in [-0.25, -0.2) is 4.98 Å². The zero-order valence-corrected chi connectivity index (χ0v) is 9.64. The Labute approximate surface area is 99.7 Å². The Kier molecular flexibility index (Phi) is 2.78. The van der Waals surface area contributed by atoms with E-state index in [4.69, 9.17) is 11.5 Å². The quantitative estimate of drug-likeness (QED) is 0.608. The summed E-state index contributed by atoms with van der Waals surface area (Å²) >= 11 is 0. The number of benzene rings is 1. The van der Waals surface area contributed by atoms with Gasteiger partial charge in [-0.1, -0.05) is 24.8 Å². The number of nitrogens with two attached hydrogens (primary N) is 2. The lowest BCUT2D eigenvalue weighted by atomic mass is 10.0. The van der Waals surface area contributed by atoms with Crippen LogP contribution in [-0.4, -0.2) is 10.9 Å². The van der Waals surface area contributed by atoms with Gasteiger partial charge >= 0.3 is 0 Å². The van der Waals surface area contributed by atoms with E-state index >= 15 is 0 Å². The summed E-state index contributed by atoms with van der Waals surface area (Å²) in [4.78, 5) is 8.27. The van der Waals surface area contributed by atoms with Crippen molar-refractivity contribution in [3.05, 3.63) is 42.1 Å². The van der Waals surface area contributed by atoms with Crippen LogP contribution in [0.5, 0.6) is 0 Å². The molecule has 4 heteroatoms. The molecule has 0 radical (unpaired) electrons. The summed E-state index contributed by atoms with van der Waals surface area (Å²) in [7, 11) is 0. The highest BCUT2D eigenvalue weighted by atomic mass is 15.0. The Hall–Kier alpha value is -2.36. The van der Waals surface area contributed by atoms with Gasteiger partial charge < -0.3 is 11.5 Å². The minimum Gasteiger partial charge on any atom is -0.370 e. The SMILES string of the molecule is C=Cc1ccc2c(C)cnc(N=C(N)N)c2c1. The monoisotopic (exact) mass is 226 g/mol. The Morgan fingerprint density at radius 2 is 2.12 bits per heavy atom. The molecule has 4 N–H and O–H groups in total. The summed E-state index contributed by atoms with van der Waals surface area (Å²) in [5.74, 6) is 0.543. The fourth-order valence-electron chi connectivity index (χ4n) is 1.73. The molecule has 1 aromatic heterocycles. The minimum absolute atomic E-state index is 0.00617. The van der Waals surface area contributed by atoms with Gasteiger partial charge in [0.05, 0.1) is 0 Å². The third-order valence-corrected chi connectivity index (χ3v) is 2.56. The summed E-state index contributed by atoms with van der Waals surface area (Å²) in [5.41, 5.74) is 12.9. The second-order valence-electron chi connectivity index (χ2n) is 3.81. The van der Waals surface area contributed by atoms with Crippen LogP contribution >= 0.6 is 0 Å². The first-order chi connectivity index (χ1) is 8.11. The number of rotatable bonds is 2. The Morgan fingerprint density at radius 3 is 2.76 bits per heavy atom. The summed E-state index contributed by atoms with van der Waals surface area (Å²) in [5, 5.41) is 2.02. The van der Waals surface area contributed by atoms with Crippen LogP contribution < -0.4 is 11.5 Å². The smallest absolute Gasteiger partial charge is 0.192 e. The first-order valence-electron chi connectivity index (χ1n) is 5.23. The number of aryl methyl sites for hydroxylation is 1. The van der Waals surface area contributed by atoms with Crippen LogP contribution in [0.25, 0.3) is 16.8 Å². The van der Waals surface area contributed by atoms with Gasteiger partial charge in [-0.05, 0) is 29.5 Å². The van der Waals surface area contributed by atoms with E-state index in [1.165, 1.54) is 0 Å². The molecule has 0 spiro atoms. The van der Waals surface area contributed by atoms with E-state index in [1.54, 1.807) is 12.3 Å². The maximum Gasteiger partial charge on any atom is 0.192 e. The van der Waals surface area contributed by atoms with Crippen LogP contribution in [0.3, 0.4) is 0 Å². The molecule has 0 saturated carbocycles. The highest BCUT2D eigenvalue weighted by molar-refractivity contribution is 5.96. The van der Waals surface area contributed by atoms with E-state index < -0.39 is 0 Å². The fourth-order valence-corrected chi connectivity index (χ4v) is 1.73. The van der Waals surface area contributed by atoms with E-state index in [9.17, 15) is 0 Å². The Bertz CT molecular complexity index is 610. The third kappa shape index (κ3) is 2.10. The first-order valence-corrected chi connectivity index (χ1v) is 5.23. The van der Waals surface area contributed by atoms with Gasteiger partial charge in [0, 0.05) is 11.6 Å². The molecule has 86 valence electrons. The second kappa shape index (κ2) is 4.25. The lowest BCUT2D eigenvalue weighted by Crippen LogP contribution is -2.22. The Morgan fingerprint density at radius 1 is 1.35 bits per heavy atom. The number of hydrogen-bond acceptors (Lipinski definition) is 2. The van der Waals surface area contributed by atoms with E-state index in [-0.39, 0.29) is 5.96 Å². The molecule has 0 aliphatic rings. The van der Waals surface area contributed by atoms with E-state index in [1.807, 2.05) is 25.1 Å². The average Bonchev–Trinajstić information content (AvgIpc) is 2.32. The topological polar surface area (TPSA) is 77.3 Å².